The van der Waals surface area contributed by atoms with Gasteiger partial charge in [0.05, 0.1) is 19.1 Å². The Morgan fingerprint density at radius 1 is 0.900 bits per heavy atom. The largest absolute Gasteiger partial charge is 0.497 e. The molecule has 2 N–H and O–H groups in total. The number of nitrogens with zero attached hydrogens (tertiary/aromatic N) is 3. The quantitative estimate of drug-likeness (QED) is 0.517. The fourth-order valence-corrected chi connectivity index (χ4v) is 2.94. The second-order valence-corrected chi connectivity index (χ2v) is 6.54. The van der Waals surface area contributed by atoms with Crippen molar-refractivity contribution < 1.29 is 14.3 Å². The lowest BCUT2D eigenvalue weighted by Gasteiger charge is -2.07. The number of carbonyl (C=O) groups excluding carboxylic acids is 2. The van der Waals surface area contributed by atoms with Crippen molar-refractivity contribution in [1.29, 1.82) is 0 Å². The zero-order valence-electron chi connectivity index (χ0n) is 16.2. The van der Waals surface area contributed by atoms with Gasteiger partial charge in [-0.05, 0) is 48.5 Å². The highest BCUT2D eigenvalue weighted by Gasteiger charge is 2.14. The third-order valence-corrected chi connectivity index (χ3v) is 4.46. The lowest BCUT2D eigenvalue weighted by molar-refractivity contribution is -0.115. The molecule has 0 aliphatic rings. The van der Waals surface area contributed by atoms with Gasteiger partial charge in [0.25, 0.3) is 5.91 Å². The van der Waals surface area contributed by atoms with Gasteiger partial charge in [-0.2, -0.15) is 0 Å². The number of methoxy groups -OCH3 is 1. The van der Waals surface area contributed by atoms with Crippen LogP contribution in [0.4, 0.5) is 11.4 Å². The summed E-state index contributed by atoms with van der Waals surface area (Å²) in [5, 5.41) is 13.8. The molecular weight excluding hydrogens is 382 g/mol. The average Bonchev–Trinajstić information content (AvgIpc) is 3.17. The van der Waals surface area contributed by atoms with Crippen molar-refractivity contribution >= 4 is 28.8 Å². The Hall–Kier alpha value is -4.20. The summed E-state index contributed by atoms with van der Waals surface area (Å²) >= 11 is 0. The third kappa shape index (κ3) is 4.27. The molecule has 150 valence electrons. The first-order valence-electron chi connectivity index (χ1n) is 9.26. The number of pyridine rings is 1. The van der Waals surface area contributed by atoms with Crippen LogP contribution < -0.4 is 15.4 Å². The average molecular weight is 401 g/mol. The molecule has 0 aliphatic carbocycles. The molecule has 0 saturated carbocycles. The van der Waals surface area contributed by atoms with E-state index in [1.54, 1.807) is 54.1 Å². The number of carbonyl (C=O) groups is 2. The molecule has 4 aromatic rings. The first kappa shape index (κ1) is 19.1. The number of rotatable bonds is 6. The number of anilines is 2. The predicted molar refractivity (Wildman–Crippen MR) is 113 cm³/mol. The molecular formula is C22H19N5O3. The Bertz CT molecular complexity index is 1190. The fourth-order valence-electron chi connectivity index (χ4n) is 2.94. The van der Waals surface area contributed by atoms with Crippen molar-refractivity contribution in [1.82, 2.24) is 14.6 Å². The van der Waals surface area contributed by atoms with E-state index < -0.39 is 0 Å². The van der Waals surface area contributed by atoms with Crippen LogP contribution >= 0.6 is 0 Å². The number of amides is 2. The molecule has 0 unspecified atom stereocenters. The molecule has 0 atom stereocenters. The normalized spacial score (nSPS) is 10.6. The summed E-state index contributed by atoms with van der Waals surface area (Å²) in [4.78, 5) is 25.0. The van der Waals surface area contributed by atoms with Crippen molar-refractivity contribution in [3.63, 3.8) is 0 Å². The number of ether oxygens (including phenoxy) is 1. The van der Waals surface area contributed by atoms with Gasteiger partial charge >= 0.3 is 0 Å². The molecule has 0 aliphatic heterocycles. The van der Waals surface area contributed by atoms with Crippen LogP contribution in [0.2, 0.25) is 0 Å². The van der Waals surface area contributed by atoms with Crippen molar-refractivity contribution in [2.45, 2.75) is 6.42 Å². The van der Waals surface area contributed by atoms with Crippen LogP contribution in [0, 0.1) is 0 Å². The van der Waals surface area contributed by atoms with Crippen LogP contribution in [-0.2, 0) is 11.2 Å². The molecule has 30 heavy (non-hydrogen) atoms. The van der Waals surface area contributed by atoms with E-state index in [1.165, 1.54) is 0 Å². The Balaban J connectivity index is 1.49. The fraction of sp³-hybridized carbons (Fsp3) is 0.0909. The van der Waals surface area contributed by atoms with E-state index in [0.717, 1.165) is 0 Å². The van der Waals surface area contributed by atoms with E-state index in [2.05, 4.69) is 20.8 Å². The summed E-state index contributed by atoms with van der Waals surface area (Å²) in [6.07, 6.45) is 1.64. The summed E-state index contributed by atoms with van der Waals surface area (Å²) in [7, 11) is 1.58. The van der Waals surface area contributed by atoms with Crippen LogP contribution in [0.15, 0.2) is 72.9 Å². The van der Waals surface area contributed by atoms with E-state index >= 15 is 0 Å². The van der Waals surface area contributed by atoms with Gasteiger partial charge in [-0.1, -0.05) is 18.2 Å². The molecule has 2 amide bonds. The minimum Gasteiger partial charge on any atom is -0.497 e. The maximum absolute atomic E-state index is 12.6. The maximum atomic E-state index is 12.6. The van der Waals surface area contributed by atoms with Crippen molar-refractivity contribution in [3.8, 4) is 5.75 Å². The van der Waals surface area contributed by atoms with E-state index in [1.807, 2.05) is 30.3 Å². The van der Waals surface area contributed by atoms with Crippen LogP contribution in [0.5, 0.6) is 5.75 Å². The molecule has 0 radical (unpaired) electrons. The zero-order chi connectivity index (χ0) is 20.9. The minimum absolute atomic E-state index is 0.0109. The number of para-hydroxylation sites is 1. The number of aromatic nitrogens is 3. The van der Waals surface area contributed by atoms with Crippen molar-refractivity contribution in [3.05, 3.63) is 84.3 Å². The van der Waals surface area contributed by atoms with E-state index in [4.69, 9.17) is 4.74 Å². The summed E-state index contributed by atoms with van der Waals surface area (Å²) in [5.41, 5.74) is 2.34. The van der Waals surface area contributed by atoms with Crippen molar-refractivity contribution in [2.24, 2.45) is 0 Å². The first-order chi connectivity index (χ1) is 14.6. The Labute approximate surface area is 172 Å². The molecule has 4 rings (SSSR count). The standard InChI is InChI=1S/C22H19N5O3/c1-30-18-10-8-17(9-11-18)23-21(28)13-20-26-25-19-12-7-15(14-27(19)20)22(29)24-16-5-3-2-4-6-16/h2-12,14H,13H2,1H3,(H,23,28)(H,24,29). The molecule has 8 nitrogen and oxygen atoms in total. The minimum atomic E-state index is -0.259. The first-order valence-corrected chi connectivity index (χ1v) is 9.26. The molecule has 2 aromatic heterocycles. The number of benzene rings is 2. The SMILES string of the molecule is COc1ccc(NC(=O)Cc2nnc3ccc(C(=O)Nc4ccccc4)cn23)cc1. The third-order valence-electron chi connectivity index (χ3n) is 4.46. The van der Waals surface area contributed by atoms with Gasteiger partial charge in [0.1, 0.15) is 11.6 Å². The summed E-state index contributed by atoms with van der Waals surface area (Å²) in [5.74, 6) is 0.641. The summed E-state index contributed by atoms with van der Waals surface area (Å²) < 4.78 is 6.75. The summed E-state index contributed by atoms with van der Waals surface area (Å²) in [6, 6.07) is 19.6. The molecule has 8 heteroatoms. The van der Waals surface area contributed by atoms with Gasteiger partial charge in [-0.3, -0.25) is 14.0 Å². The van der Waals surface area contributed by atoms with Crippen LogP contribution in [0.1, 0.15) is 16.2 Å². The molecule has 0 fully saturated rings. The van der Waals surface area contributed by atoms with Gasteiger partial charge < -0.3 is 15.4 Å². The van der Waals surface area contributed by atoms with E-state index in [-0.39, 0.29) is 18.2 Å². The number of nitrogens with one attached hydrogen (secondary N) is 2. The van der Waals surface area contributed by atoms with Gasteiger partial charge in [0.2, 0.25) is 5.91 Å². The highest BCUT2D eigenvalue weighted by molar-refractivity contribution is 6.04. The molecule has 0 spiro atoms. The lowest BCUT2D eigenvalue weighted by Crippen LogP contribution is -2.17. The number of fused-ring (bicyclic) bond motifs is 1. The van der Waals surface area contributed by atoms with Crippen LogP contribution in [0.3, 0.4) is 0 Å². The molecule has 0 saturated heterocycles. The Morgan fingerprint density at radius 3 is 2.37 bits per heavy atom. The highest BCUT2D eigenvalue weighted by atomic mass is 16.5. The summed E-state index contributed by atoms with van der Waals surface area (Å²) in [6.45, 7) is 0. The second-order valence-electron chi connectivity index (χ2n) is 6.54. The molecule has 2 heterocycles. The lowest BCUT2D eigenvalue weighted by atomic mass is 10.2. The van der Waals surface area contributed by atoms with E-state index in [9.17, 15) is 9.59 Å². The highest BCUT2D eigenvalue weighted by Crippen LogP contribution is 2.16. The zero-order valence-corrected chi connectivity index (χ0v) is 16.2. The number of hydrogen-bond donors (Lipinski definition) is 2. The Kier molecular flexibility index (Phi) is 5.38. The number of hydrogen-bond acceptors (Lipinski definition) is 5. The smallest absolute Gasteiger partial charge is 0.257 e. The van der Waals surface area contributed by atoms with Gasteiger partial charge in [-0.25, -0.2) is 0 Å². The van der Waals surface area contributed by atoms with Gasteiger partial charge in [0, 0.05) is 17.6 Å². The Morgan fingerprint density at radius 2 is 1.63 bits per heavy atom. The monoisotopic (exact) mass is 401 g/mol. The molecule has 0 bridgehead atoms. The van der Waals surface area contributed by atoms with E-state index in [0.29, 0.717) is 34.2 Å². The topological polar surface area (TPSA) is 97.6 Å². The van der Waals surface area contributed by atoms with Crippen LogP contribution in [-0.4, -0.2) is 33.5 Å². The van der Waals surface area contributed by atoms with Crippen LogP contribution in [0.25, 0.3) is 5.65 Å². The van der Waals surface area contributed by atoms with Gasteiger partial charge in [-0.15, -0.1) is 10.2 Å². The van der Waals surface area contributed by atoms with Crippen molar-refractivity contribution in [2.75, 3.05) is 17.7 Å². The second kappa shape index (κ2) is 8.44. The molecule has 2 aromatic carbocycles. The predicted octanol–water partition coefficient (Wildman–Crippen LogP) is 3.17. The van der Waals surface area contributed by atoms with Gasteiger partial charge in [0.15, 0.2) is 5.65 Å². The maximum Gasteiger partial charge on any atom is 0.257 e.